The molecule has 2 heterocycles. The molecule has 10 heteroatoms. The van der Waals surface area contributed by atoms with Crippen molar-refractivity contribution in [3.05, 3.63) is 101 Å². The number of rotatable bonds is 10. The molecule has 0 saturated heterocycles. The number of halogens is 1. The number of hydrogen-bond donors (Lipinski definition) is 1. The highest BCUT2D eigenvalue weighted by Gasteiger charge is 2.36. The molecule has 207 valence electrons. The molecule has 40 heavy (non-hydrogen) atoms. The zero-order chi connectivity index (χ0) is 28.7. The molecule has 2 aromatic carbocycles. The predicted molar refractivity (Wildman–Crippen MR) is 157 cm³/mol. The van der Waals surface area contributed by atoms with E-state index in [2.05, 4.69) is 60.4 Å². The van der Waals surface area contributed by atoms with Crippen LogP contribution in [0, 0.1) is 5.41 Å². The first-order valence-corrected chi connectivity index (χ1v) is 14.7. The fourth-order valence-corrected chi connectivity index (χ4v) is 6.54. The Kier molecular flexibility index (Phi) is 9.52. The number of anilines is 1. The van der Waals surface area contributed by atoms with E-state index in [4.69, 9.17) is 20.8 Å². The van der Waals surface area contributed by atoms with E-state index in [1.54, 1.807) is 25.1 Å². The van der Waals surface area contributed by atoms with Crippen LogP contribution in [-0.2, 0) is 20.5 Å². The minimum atomic E-state index is -1.73. The smallest absolute Gasteiger partial charge is 0.358 e. The van der Waals surface area contributed by atoms with Crippen LogP contribution in [0.15, 0.2) is 85.1 Å². The molecule has 1 radical (unpaired) electrons. The second-order valence-corrected chi connectivity index (χ2v) is 12.7. The summed E-state index contributed by atoms with van der Waals surface area (Å²) in [5.41, 5.74) is 0.293. The van der Waals surface area contributed by atoms with Gasteiger partial charge in [-0.2, -0.15) is 5.10 Å². The second kappa shape index (κ2) is 13.0. The third kappa shape index (κ3) is 7.44. The fourth-order valence-electron chi connectivity index (χ4n) is 4.12. The molecule has 2 aromatic heterocycles. The summed E-state index contributed by atoms with van der Waals surface area (Å²) in [7, 11) is -1.73. The molecule has 0 spiro atoms. The van der Waals surface area contributed by atoms with Crippen LogP contribution in [0.3, 0.4) is 0 Å². The van der Waals surface area contributed by atoms with Crippen LogP contribution in [0.25, 0.3) is 0 Å². The monoisotopic (exact) mass is 575 g/mol. The van der Waals surface area contributed by atoms with Gasteiger partial charge in [-0.15, -0.1) is 0 Å². The van der Waals surface area contributed by atoms with Gasteiger partial charge in [-0.25, -0.2) is 9.78 Å². The Hall–Kier alpha value is -3.79. The lowest BCUT2D eigenvalue weighted by Crippen LogP contribution is -2.47. The Morgan fingerprint density at radius 3 is 2.15 bits per heavy atom. The van der Waals surface area contributed by atoms with E-state index in [-0.39, 0.29) is 24.8 Å². The number of pyridine rings is 1. The number of esters is 1. The lowest BCUT2D eigenvalue weighted by atomic mass is 9.87. The van der Waals surface area contributed by atoms with E-state index in [9.17, 15) is 9.59 Å². The first-order chi connectivity index (χ1) is 19.2. The van der Waals surface area contributed by atoms with Gasteiger partial charge in [0.15, 0.2) is 5.69 Å². The van der Waals surface area contributed by atoms with E-state index in [0.717, 1.165) is 10.4 Å². The van der Waals surface area contributed by atoms with Gasteiger partial charge in [0.25, 0.3) is 9.04 Å². The fraction of sp³-hybridized carbons (Fsp3) is 0.267. The van der Waals surface area contributed by atoms with E-state index in [0.29, 0.717) is 16.5 Å². The molecular weight excluding hydrogens is 544 g/mol. The summed E-state index contributed by atoms with van der Waals surface area (Å²) in [6, 6.07) is 25.1. The van der Waals surface area contributed by atoms with Crippen LogP contribution >= 0.6 is 11.6 Å². The number of ether oxygens (including phenoxy) is 1. The quantitative estimate of drug-likeness (QED) is 0.218. The van der Waals surface area contributed by atoms with E-state index in [1.807, 2.05) is 36.4 Å². The maximum atomic E-state index is 13.1. The summed E-state index contributed by atoms with van der Waals surface area (Å²) in [6.45, 7) is 7.97. The van der Waals surface area contributed by atoms with Crippen LogP contribution in [0.1, 0.15) is 50.0 Å². The molecule has 0 saturated carbocycles. The Morgan fingerprint density at radius 2 is 1.62 bits per heavy atom. The Bertz CT molecular complexity index is 1380. The van der Waals surface area contributed by atoms with Gasteiger partial charge < -0.3 is 14.5 Å². The van der Waals surface area contributed by atoms with Crippen molar-refractivity contribution in [3.8, 4) is 0 Å². The number of aromatic nitrogens is 3. The van der Waals surface area contributed by atoms with E-state index < -0.39 is 26.5 Å². The Morgan fingerprint density at radius 1 is 1.00 bits per heavy atom. The minimum absolute atomic E-state index is 0.111. The summed E-state index contributed by atoms with van der Waals surface area (Å²) in [4.78, 5) is 29.9. The van der Waals surface area contributed by atoms with E-state index >= 15 is 0 Å². The normalized spacial score (nSPS) is 12.2. The van der Waals surface area contributed by atoms with Crippen LogP contribution in [0.2, 0.25) is 5.02 Å². The first-order valence-electron chi connectivity index (χ1n) is 13.0. The summed E-state index contributed by atoms with van der Waals surface area (Å²) < 4.78 is 13.7. The molecule has 4 rings (SSSR count). The number of carbonyl (C=O) groups excluding carboxylic acids is 2. The van der Waals surface area contributed by atoms with E-state index in [1.165, 1.54) is 10.9 Å². The number of nitrogens with one attached hydrogen (secondary N) is 1. The molecule has 4 aromatic rings. The topological polar surface area (TPSA) is 95.3 Å². The van der Waals surface area contributed by atoms with Gasteiger partial charge in [0.05, 0.1) is 23.4 Å². The highest BCUT2D eigenvalue weighted by molar-refractivity contribution is 6.80. The van der Waals surface area contributed by atoms with Crippen molar-refractivity contribution in [3.63, 3.8) is 0 Å². The van der Waals surface area contributed by atoms with Crippen molar-refractivity contribution in [2.45, 2.75) is 40.3 Å². The minimum Gasteiger partial charge on any atom is -0.461 e. The molecule has 0 aliphatic rings. The summed E-state index contributed by atoms with van der Waals surface area (Å²) in [5.74, 6) is -0.568. The zero-order valence-electron chi connectivity index (χ0n) is 22.9. The largest absolute Gasteiger partial charge is 0.461 e. The molecule has 1 atom stereocenters. The van der Waals surface area contributed by atoms with Crippen molar-refractivity contribution in [1.82, 2.24) is 14.8 Å². The summed E-state index contributed by atoms with van der Waals surface area (Å²) >= 11 is 5.92. The van der Waals surface area contributed by atoms with Gasteiger partial charge in [0, 0.05) is 6.20 Å². The van der Waals surface area contributed by atoms with Crippen LogP contribution in [0.4, 0.5) is 5.82 Å². The zero-order valence-corrected chi connectivity index (χ0v) is 24.7. The van der Waals surface area contributed by atoms with Crippen LogP contribution in [0.5, 0.6) is 0 Å². The van der Waals surface area contributed by atoms with Gasteiger partial charge in [0.1, 0.15) is 12.4 Å². The van der Waals surface area contributed by atoms with Gasteiger partial charge >= 0.3 is 5.97 Å². The van der Waals surface area contributed by atoms with Gasteiger partial charge in [0.2, 0.25) is 5.91 Å². The number of amides is 1. The molecular formula is C30H32ClN4O4Si. The average molecular weight is 576 g/mol. The van der Waals surface area contributed by atoms with Crippen molar-refractivity contribution < 1.29 is 18.8 Å². The lowest BCUT2D eigenvalue weighted by Gasteiger charge is -2.34. The van der Waals surface area contributed by atoms with Gasteiger partial charge in [-0.05, 0) is 40.9 Å². The van der Waals surface area contributed by atoms with Crippen molar-refractivity contribution in [1.29, 1.82) is 0 Å². The Balaban J connectivity index is 1.73. The van der Waals surface area contributed by atoms with Crippen molar-refractivity contribution >= 4 is 48.7 Å². The number of nitrogens with zero attached hydrogens (tertiary/aromatic N) is 3. The highest BCUT2D eigenvalue weighted by atomic mass is 35.5. The second-order valence-electron chi connectivity index (χ2n) is 10.2. The van der Waals surface area contributed by atoms with Crippen molar-refractivity contribution in [2.75, 3.05) is 11.9 Å². The molecule has 1 unspecified atom stereocenters. The molecule has 0 aliphatic carbocycles. The van der Waals surface area contributed by atoms with Crippen molar-refractivity contribution in [2.24, 2.45) is 5.41 Å². The number of benzene rings is 2. The third-order valence-electron chi connectivity index (χ3n) is 5.95. The Labute approximate surface area is 241 Å². The summed E-state index contributed by atoms with van der Waals surface area (Å²) in [6.07, 6.45) is 0.939. The molecule has 8 nitrogen and oxygen atoms in total. The lowest BCUT2D eigenvalue weighted by molar-refractivity contribution is -0.117. The van der Waals surface area contributed by atoms with Crippen LogP contribution in [-0.4, -0.2) is 42.3 Å². The molecule has 0 aliphatic heterocycles. The predicted octanol–water partition coefficient (Wildman–Crippen LogP) is 4.66. The van der Waals surface area contributed by atoms with Gasteiger partial charge in [-0.3, -0.25) is 9.48 Å². The maximum Gasteiger partial charge on any atom is 0.358 e. The maximum absolute atomic E-state index is 13.1. The number of hydrogen-bond acceptors (Lipinski definition) is 6. The third-order valence-corrected chi connectivity index (χ3v) is 8.36. The SMILES string of the molecule is CCOC(=O)c1cc(C(O[Si](c2ccccc2)c2ccccc2)C(C)(C)C)n(CC(=O)Nc2ccc(Cl)cn2)n1. The molecule has 1 amide bonds. The summed E-state index contributed by atoms with van der Waals surface area (Å²) in [5, 5.41) is 9.86. The highest BCUT2D eigenvalue weighted by Crippen LogP contribution is 2.37. The van der Waals surface area contributed by atoms with Crippen LogP contribution < -0.4 is 15.7 Å². The first kappa shape index (κ1) is 29.2. The van der Waals surface area contributed by atoms with Gasteiger partial charge in [-0.1, -0.05) is 93.0 Å². The molecule has 0 bridgehead atoms. The average Bonchev–Trinajstić information content (AvgIpc) is 3.34. The molecule has 1 N–H and O–H groups in total. The standard InChI is InChI=1S/C30H32ClN4O4Si/c1-5-38-29(37)24-18-25(35(34-24)20-27(36)33-26-17-16-21(31)19-32-26)28(30(2,3)4)39-40(22-12-8-6-9-13-22)23-14-10-7-11-15-23/h6-19,28H,5,20H2,1-4H3,(H,32,33,36). The number of carbonyl (C=O) groups is 2. The molecule has 0 fully saturated rings.